The van der Waals surface area contributed by atoms with Crippen LogP contribution >= 0.6 is 0 Å². The van der Waals surface area contributed by atoms with Crippen molar-refractivity contribution in [3.63, 3.8) is 0 Å². The smallest absolute Gasteiger partial charge is 0.303 e. The molecule has 0 radical (unpaired) electrons. The van der Waals surface area contributed by atoms with Gasteiger partial charge in [-0.15, -0.1) is 6.58 Å². The highest BCUT2D eigenvalue weighted by Crippen LogP contribution is 2.42. The van der Waals surface area contributed by atoms with E-state index in [4.69, 9.17) is 14.2 Å². The Kier molecular flexibility index (Phi) is 9.78. The molecule has 1 fully saturated rings. The molecule has 0 spiro atoms. The molecule has 8 nitrogen and oxygen atoms in total. The number of amides is 1. The maximum atomic E-state index is 12.4. The minimum Gasteiger partial charge on any atom is -0.453 e. The molecule has 2 aromatic carbocycles. The van der Waals surface area contributed by atoms with Gasteiger partial charge in [0.2, 0.25) is 0 Å². The van der Waals surface area contributed by atoms with Gasteiger partial charge in [0.05, 0.1) is 18.8 Å². The Hall–Kier alpha value is -3.04. The van der Waals surface area contributed by atoms with Gasteiger partial charge in [-0.2, -0.15) is 0 Å². The van der Waals surface area contributed by atoms with E-state index < -0.39 is 24.3 Å². The summed E-state index contributed by atoms with van der Waals surface area (Å²) in [6, 6.07) is 15.0. The lowest BCUT2D eigenvalue weighted by atomic mass is 9.90. The lowest BCUT2D eigenvalue weighted by Crippen LogP contribution is -2.43. The fraction of sp³-hybridized carbons (Fsp3) is 0.429. The van der Waals surface area contributed by atoms with Crippen molar-refractivity contribution in [3.05, 3.63) is 77.9 Å². The predicted octanol–water partition coefficient (Wildman–Crippen LogP) is 3.98. The van der Waals surface area contributed by atoms with Gasteiger partial charge in [-0.1, -0.05) is 49.4 Å². The zero-order chi connectivity index (χ0) is 26.2. The van der Waals surface area contributed by atoms with E-state index in [2.05, 4.69) is 23.7 Å². The van der Waals surface area contributed by atoms with Crippen LogP contribution in [0.3, 0.4) is 0 Å². The van der Waals surface area contributed by atoms with Crippen LogP contribution in [0.5, 0.6) is 0 Å². The minimum atomic E-state index is -0.912. The van der Waals surface area contributed by atoms with Crippen LogP contribution in [0.2, 0.25) is 0 Å². The number of esters is 1. The minimum absolute atomic E-state index is 0.0172. The van der Waals surface area contributed by atoms with E-state index in [1.165, 1.54) is 13.8 Å². The summed E-state index contributed by atoms with van der Waals surface area (Å²) in [6.45, 7) is 10.1. The molecule has 0 saturated carbocycles. The Morgan fingerprint density at radius 3 is 2.56 bits per heavy atom. The molecule has 3 rings (SSSR count). The first-order valence-electron chi connectivity index (χ1n) is 12.1. The van der Waals surface area contributed by atoms with Crippen LogP contribution in [-0.2, 0) is 30.4 Å². The van der Waals surface area contributed by atoms with Gasteiger partial charge in [0.1, 0.15) is 0 Å². The molecule has 194 valence electrons. The lowest BCUT2D eigenvalue weighted by Gasteiger charge is -2.42. The van der Waals surface area contributed by atoms with Crippen LogP contribution < -0.4 is 5.32 Å². The Bertz CT molecular complexity index is 1040. The molecule has 1 heterocycles. The summed E-state index contributed by atoms with van der Waals surface area (Å²) in [5, 5.41) is 12.2. The van der Waals surface area contributed by atoms with Crippen LogP contribution in [0.4, 0.5) is 5.69 Å². The highest BCUT2D eigenvalue weighted by atomic mass is 16.7. The van der Waals surface area contributed by atoms with Crippen LogP contribution in [0.1, 0.15) is 49.9 Å². The van der Waals surface area contributed by atoms with Crippen LogP contribution in [0.25, 0.3) is 0 Å². The van der Waals surface area contributed by atoms with E-state index in [-0.39, 0.29) is 24.7 Å². The summed E-state index contributed by atoms with van der Waals surface area (Å²) in [5.41, 5.74) is 3.15. The number of carbonyl (C=O) groups excluding carboxylic acids is 2. The van der Waals surface area contributed by atoms with Crippen molar-refractivity contribution in [3.8, 4) is 0 Å². The van der Waals surface area contributed by atoms with Gasteiger partial charge in [-0.25, -0.2) is 0 Å². The summed E-state index contributed by atoms with van der Waals surface area (Å²) in [6.07, 6.45) is -0.0756. The second kappa shape index (κ2) is 12.8. The number of likely N-dealkylation sites (N-methyl/N-ethyl adjacent to an activating group) is 1. The highest BCUT2D eigenvalue weighted by Gasteiger charge is 2.38. The number of rotatable bonds is 10. The number of hydrogen-bond donors (Lipinski definition) is 2. The second-order valence-electron chi connectivity index (χ2n) is 9.20. The lowest BCUT2D eigenvalue weighted by molar-refractivity contribution is -0.275. The quantitative estimate of drug-likeness (QED) is 0.379. The number of hydrogen-bond acceptors (Lipinski definition) is 7. The van der Waals surface area contributed by atoms with Gasteiger partial charge in [0.25, 0.3) is 5.91 Å². The van der Waals surface area contributed by atoms with Crippen LogP contribution in [-0.4, -0.2) is 54.2 Å². The Balaban J connectivity index is 1.85. The molecule has 1 aliphatic rings. The monoisotopic (exact) mass is 496 g/mol. The molecule has 2 N–H and O–H groups in total. The summed E-state index contributed by atoms with van der Waals surface area (Å²) >= 11 is 0. The van der Waals surface area contributed by atoms with Crippen molar-refractivity contribution in [2.24, 2.45) is 5.92 Å². The third kappa shape index (κ3) is 7.24. The maximum absolute atomic E-state index is 12.4. The molecule has 1 aliphatic heterocycles. The van der Waals surface area contributed by atoms with Gasteiger partial charge in [0.15, 0.2) is 12.4 Å². The summed E-state index contributed by atoms with van der Waals surface area (Å²) in [7, 11) is 2.02. The molecule has 5 atom stereocenters. The van der Waals surface area contributed by atoms with Crippen molar-refractivity contribution in [1.29, 1.82) is 0 Å². The van der Waals surface area contributed by atoms with Gasteiger partial charge < -0.3 is 29.5 Å². The fourth-order valence-corrected chi connectivity index (χ4v) is 4.24. The van der Waals surface area contributed by atoms with E-state index in [1.54, 1.807) is 12.1 Å². The van der Waals surface area contributed by atoms with E-state index >= 15 is 0 Å². The standard InChI is InChI=1S/C28H36N2O6/c1-6-14-30(5)16-25-18(2)26(22-12-10-21(17-31)11-13-22)36-28(35-25)23-8-7-9-24(15-23)29-27(33)19(3)34-20(4)32/h6-13,15,18-19,25-26,28,31H,1,14,16-17H2,2-5H3,(H,29,33)/t18-,19+,25+,26+,28+/m1/s1. The first-order chi connectivity index (χ1) is 17.2. The summed E-state index contributed by atoms with van der Waals surface area (Å²) in [4.78, 5) is 25.7. The van der Waals surface area contributed by atoms with Crippen molar-refractivity contribution in [2.45, 2.75) is 52.0 Å². The zero-order valence-electron chi connectivity index (χ0n) is 21.3. The number of carbonyl (C=O) groups is 2. The van der Waals surface area contributed by atoms with Gasteiger partial charge in [-0.05, 0) is 37.2 Å². The molecule has 0 aliphatic carbocycles. The Morgan fingerprint density at radius 1 is 1.19 bits per heavy atom. The number of aliphatic hydroxyl groups is 1. The van der Waals surface area contributed by atoms with Gasteiger partial charge >= 0.3 is 5.97 Å². The third-order valence-corrected chi connectivity index (χ3v) is 6.19. The van der Waals surface area contributed by atoms with Crippen molar-refractivity contribution in [1.82, 2.24) is 4.90 Å². The largest absolute Gasteiger partial charge is 0.453 e. The summed E-state index contributed by atoms with van der Waals surface area (Å²) < 4.78 is 17.9. The molecule has 0 aromatic heterocycles. The second-order valence-corrected chi connectivity index (χ2v) is 9.20. The average Bonchev–Trinajstić information content (AvgIpc) is 2.85. The molecule has 1 saturated heterocycles. The zero-order valence-corrected chi connectivity index (χ0v) is 21.3. The van der Waals surface area contributed by atoms with E-state index in [0.717, 1.165) is 23.2 Å². The average molecular weight is 497 g/mol. The van der Waals surface area contributed by atoms with E-state index in [1.807, 2.05) is 49.5 Å². The Labute approximate surface area is 212 Å². The Morgan fingerprint density at radius 2 is 1.92 bits per heavy atom. The number of ether oxygens (including phenoxy) is 3. The molecule has 36 heavy (non-hydrogen) atoms. The summed E-state index contributed by atoms with van der Waals surface area (Å²) in [5.74, 6) is -0.886. The molecule has 2 aromatic rings. The first-order valence-corrected chi connectivity index (χ1v) is 12.1. The fourth-order valence-electron chi connectivity index (χ4n) is 4.24. The molecular weight excluding hydrogens is 460 g/mol. The van der Waals surface area contributed by atoms with Crippen LogP contribution in [0, 0.1) is 5.92 Å². The van der Waals surface area contributed by atoms with Crippen LogP contribution in [0.15, 0.2) is 61.2 Å². The van der Waals surface area contributed by atoms with E-state index in [9.17, 15) is 14.7 Å². The van der Waals surface area contributed by atoms with Gasteiger partial charge in [-0.3, -0.25) is 9.59 Å². The van der Waals surface area contributed by atoms with E-state index in [0.29, 0.717) is 12.2 Å². The number of benzene rings is 2. The maximum Gasteiger partial charge on any atom is 0.303 e. The van der Waals surface area contributed by atoms with Crippen molar-refractivity contribution >= 4 is 17.6 Å². The normalized spacial score (nSPS) is 22.6. The SMILES string of the molecule is C=CCN(C)C[C@@H]1O[C@H](c2cccc(NC(=O)[C@H](C)OC(C)=O)c2)O[C@H](c2ccc(CO)cc2)[C@@H]1C. The molecule has 8 heteroatoms. The molecule has 0 bridgehead atoms. The third-order valence-electron chi connectivity index (χ3n) is 6.19. The number of anilines is 1. The highest BCUT2D eigenvalue weighted by molar-refractivity contribution is 5.95. The number of aliphatic hydroxyl groups excluding tert-OH is 1. The van der Waals surface area contributed by atoms with Crippen molar-refractivity contribution < 1.29 is 28.9 Å². The topological polar surface area (TPSA) is 97.3 Å². The molecular formula is C28H36N2O6. The molecule has 0 unspecified atom stereocenters. The first kappa shape index (κ1) is 27.5. The van der Waals surface area contributed by atoms with Crippen molar-refractivity contribution in [2.75, 3.05) is 25.5 Å². The van der Waals surface area contributed by atoms with Gasteiger partial charge in [0, 0.05) is 37.2 Å². The predicted molar refractivity (Wildman–Crippen MR) is 137 cm³/mol. The number of nitrogens with one attached hydrogen (secondary N) is 1. The molecule has 1 amide bonds. The number of nitrogens with zero attached hydrogens (tertiary/aromatic N) is 1.